The molecule has 0 unspecified atom stereocenters. The van der Waals surface area contributed by atoms with Crippen LogP contribution >= 0.6 is 27.5 Å². The first-order valence-corrected chi connectivity index (χ1v) is 6.57. The summed E-state index contributed by atoms with van der Waals surface area (Å²) in [6.45, 7) is 0.557. The van der Waals surface area contributed by atoms with Crippen molar-refractivity contribution in [1.82, 2.24) is 4.98 Å². The molecular weight excluding hydrogens is 318 g/mol. The van der Waals surface area contributed by atoms with Crippen LogP contribution in [0.2, 0.25) is 5.02 Å². The zero-order valence-electron chi connectivity index (χ0n) is 9.82. The van der Waals surface area contributed by atoms with Crippen LogP contribution in [0.15, 0.2) is 22.8 Å². The van der Waals surface area contributed by atoms with Gasteiger partial charge in [0.15, 0.2) is 0 Å². The first-order chi connectivity index (χ1) is 8.54. The van der Waals surface area contributed by atoms with Crippen molar-refractivity contribution in [2.24, 2.45) is 0 Å². The predicted octanol–water partition coefficient (Wildman–Crippen LogP) is 2.66. The highest BCUT2D eigenvalue weighted by Crippen LogP contribution is 2.36. The first kappa shape index (κ1) is 13.4. The van der Waals surface area contributed by atoms with E-state index < -0.39 is 0 Å². The minimum Gasteiger partial charge on any atom is -0.398 e. The Kier molecular flexibility index (Phi) is 3.94. The van der Waals surface area contributed by atoms with Crippen molar-refractivity contribution in [3.05, 3.63) is 27.8 Å². The summed E-state index contributed by atoms with van der Waals surface area (Å²) in [5.41, 5.74) is 6.59. The maximum atomic E-state index is 9.00. The highest BCUT2D eigenvalue weighted by Gasteiger charge is 2.13. The molecule has 0 fully saturated rings. The number of fused-ring (bicyclic) bond motifs is 1. The average molecular weight is 331 g/mol. The molecule has 0 aliphatic rings. The van der Waals surface area contributed by atoms with Gasteiger partial charge < -0.3 is 15.7 Å². The standard InChI is InChI=1S/C12H13BrClN3O/c1-17(2-3-18)12-8-4-7(14)5-10(15)11(8)9(13)6-16-12/h4-6,18H,2-3,15H2,1H3. The van der Waals surface area contributed by atoms with Crippen LogP contribution < -0.4 is 10.6 Å². The second kappa shape index (κ2) is 5.30. The molecule has 6 heteroatoms. The lowest BCUT2D eigenvalue weighted by atomic mass is 10.1. The van der Waals surface area contributed by atoms with Crippen LogP contribution in [0, 0.1) is 0 Å². The molecule has 0 aliphatic carbocycles. The lowest BCUT2D eigenvalue weighted by Crippen LogP contribution is -2.22. The Bertz CT molecular complexity index is 591. The molecule has 0 amide bonds. The Morgan fingerprint density at radius 1 is 1.50 bits per heavy atom. The van der Waals surface area contributed by atoms with Gasteiger partial charge in [0.05, 0.1) is 6.61 Å². The van der Waals surface area contributed by atoms with Crippen molar-refractivity contribution in [3.63, 3.8) is 0 Å². The lowest BCUT2D eigenvalue weighted by molar-refractivity contribution is 0.304. The number of nitrogen functional groups attached to an aromatic ring is 1. The topological polar surface area (TPSA) is 62.4 Å². The number of halogens is 2. The third-order valence-electron chi connectivity index (χ3n) is 2.71. The Morgan fingerprint density at radius 2 is 2.22 bits per heavy atom. The Morgan fingerprint density at radius 3 is 2.89 bits per heavy atom. The van der Waals surface area contributed by atoms with Crippen molar-refractivity contribution in [3.8, 4) is 0 Å². The largest absolute Gasteiger partial charge is 0.398 e. The van der Waals surface area contributed by atoms with Crippen LogP contribution in [0.5, 0.6) is 0 Å². The SMILES string of the molecule is CN(CCO)c1ncc(Br)c2c(N)cc(Cl)cc12. The number of hydrogen-bond donors (Lipinski definition) is 2. The van der Waals surface area contributed by atoms with Crippen LogP contribution in [0.25, 0.3) is 10.8 Å². The molecule has 4 nitrogen and oxygen atoms in total. The molecule has 0 spiro atoms. The number of hydrogen-bond acceptors (Lipinski definition) is 4. The van der Waals surface area contributed by atoms with Crippen molar-refractivity contribution >= 4 is 49.8 Å². The van der Waals surface area contributed by atoms with Crippen LogP contribution in [0.1, 0.15) is 0 Å². The quantitative estimate of drug-likeness (QED) is 0.849. The third-order valence-corrected chi connectivity index (χ3v) is 3.53. The number of nitrogens with two attached hydrogens (primary N) is 1. The van der Waals surface area contributed by atoms with E-state index in [4.69, 9.17) is 22.4 Å². The zero-order valence-corrected chi connectivity index (χ0v) is 12.2. The van der Waals surface area contributed by atoms with Gasteiger partial charge in [-0.1, -0.05) is 11.6 Å². The highest BCUT2D eigenvalue weighted by molar-refractivity contribution is 9.10. The molecule has 2 rings (SSSR count). The molecule has 0 atom stereocenters. The monoisotopic (exact) mass is 329 g/mol. The highest BCUT2D eigenvalue weighted by atomic mass is 79.9. The van der Waals surface area contributed by atoms with E-state index in [2.05, 4.69) is 20.9 Å². The Hall–Kier alpha value is -1.04. The molecule has 96 valence electrons. The van der Waals surface area contributed by atoms with Crippen molar-refractivity contribution in [1.29, 1.82) is 0 Å². The van der Waals surface area contributed by atoms with Gasteiger partial charge in [0.25, 0.3) is 0 Å². The van der Waals surface area contributed by atoms with E-state index in [0.29, 0.717) is 17.3 Å². The molecular formula is C12H13BrClN3O. The minimum absolute atomic E-state index is 0.0613. The summed E-state index contributed by atoms with van der Waals surface area (Å²) in [7, 11) is 1.86. The summed E-state index contributed by atoms with van der Waals surface area (Å²) >= 11 is 9.48. The number of rotatable bonds is 3. The van der Waals surface area contributed by atoms with Crippen molar-refractivity contribution < 1.29 is 5.11 Å². The second-order valence-corrected chi connectivity index (χ2v) is 5.28. The number of aliphatic hydroxyl groups excluding tert-OH is 1. The zero-order chi connectivity index (χ0) is 13.3. The molecule has 2 aromatic rings. The van der Waals surface area contributed by atoms with E-state index in [1.165, 1.54) is 0 Å². The Balaban J connectivity index is 2.72. The molecule has 0 saturated heterocycles. The summed E-state index contributed by atoms with van der Waals surface area (Å²) < 4.78 is 0.827. The van der Waals surface area contributed by atoms with E-state index in [9.17, 15) is 0 Å². The summed E-state index contributed by atoms with van der Waals surface area (Å²) in [5.74, 6) is 0.747. The van der Waals surface area contributed by atoms with Gasteiger partial charge in [0.1, 0.15) is 5.82 Å². The number of pyridine rings is 1. The average Bonchev–Trinajstić information content (AvgIpc) is 2.28. The second-order valence-electron chi connectivity index (χ2n) is 3.99. The minimum atomic E-state index is 0.0613. The van der Waals surface area contributed by atoms with E-state index in [0.717, 1.165) is 21.1 Å². The van der Waals surface area contributed by atoms with E-state index in [1.807, 2.05) is 18.0 Å². The van der Waals surface area contributed by atoms with Crippen LogP contribution in [0.4, 0.5) is 11.5 Å². The third kappa shape index (κ3) is 2.39. The number of likely N-dealkylation sites (N-methyl/N-ethyl adjacent to an activating group) is 1. The van der Waals surface area contributed by atoms with Gasteiger partial charge >= 0.3 is 0 Å². The van der Waals surface area contributed by atoms with Gasteiger partial charge in [-0.05, 0) is 28.1 Å². The van der Waals surface area contributed by atoms with Crippen LogP contribution in [-0.2, 0) is 0 Å². The predicted molar refractivity (Wildman–Crippen MR) is 79.2 cm³/mol. The lowest BCUT2D eigenvalue weighted by Gasteiger charge is -2.19. The number of aliphatic hydroxyl groups is 1. The normalized spacial score (nSPS) is 10.9. The fraction of sp³-hybridized carbons (Fsp3) is 0.250. The van der Waals surface area contributed by atoms with E-state index in [-0.39, 0.29) is 6.61 Å². The maximum absolute atomic E-state index is 9.00. The van der Waals surface area contributed by atoms with Crippen LogP contribution in [0.3, 0.4) is 0 Å². The summed E-state index contributed by atoms with van der Waals surface area (Å²) in [6.07, 6.45) is 1.70. The van der Waals surface area contributed by atoms with Gasteiger partial charge in [-0.15, -0.1) is 0 Å². The molecule has 1 aromatic heterocycles. The van der Waals surface area contributed by atoms with Gasteiger partial charge in [-0.2, -0.15) is 0 Å². The number of benzene rings is 1. The summed E-state index contributed by atoms with van der Waals surface area (Å²) in [5, 5.41) is 11.3. The molecule has 0 aliphatic heterocycles. The first-order valence-electron chi connectivity index (χ1n) is 5.40. The van der Waals surface area contributed by atoms with E-state index >= 15 is 0 Å². The van der Waals surface area contributed by atoms with Gasteiger partial charge in [0, 0.05) is 45.7 Å². The number of anilines is 2. The van der Waals surface area contributed by atoms with Gasteiger partial charge in [-0.3, -0.25) is 0 Å². The fourth-order valence-electron chi connectivity index (χ4n) is 1.88. The molecule has 18 heavy (non-hydrogen) atoms. The number of aromatic nitrogens is 1. The molecule has 0 radical (unpaired) electrons. The van der Waals surface area contributed by atoms with E-state index in [1.54, 1.807) is 12.3 Å². The molecule has 0 saturated carbocycles. The molecule has 0 bridgehead atoms. The Labute approximate surface area is 118 Å². The molecule has 3 N–H and O–H groups in total. The van der Waals surface area contributed by atoms with Crippen molar-refractivity contribution in [2.45, 2.75) is 0 Å². The number of nitrogens with zero attached hydrogens (tertiary/aromatic N) is 2. The maximum Gasteiger partial charge on any atom is 0.136 e. The summed E-state index contributed by atoms with van der Waals surface area (Å²) in [4.78, 5) is 6.23. The smallest absolute Gasteiger partial charge is 0.136 e. The molecule has 1 heterocycles. The van der Waals surface area contributed by atoms with Gasteiger partial charge in [0.2, 0.25) is 0 Å². The van der Waals surface area contributed by atoms with Gasteiger partial charge in [-0.25, -0.2) is 4.98 Å². The fourth-order valence-corrected chi connectivity index (χ4v) is 2.65. The summed E-state index contributed by atoms with van der Waals surface area (Å²) in [6, 6.07) is 3.54. The van der Waals surface area contributed by atoms with Crippen molar-refractivity contribution in [2.75, 3.05) is 30.8 Å². The van der Waals surface area contributed by atoms with Crippen LogP contribution in [-0.4, -0.2) is 30.3 Å². The molecule has 1 aromatic carbocycles.